The maximum absolute atomic E-state index is 10.9. The van der Waals surface area contributed by atoms with Crippen molar-refractivity contribution in [2.45, 2.75) is 26.4 Å². The molecule has 0 amide bonds. The fourth-order valence-corrected chi connectivity index (χ4v) is 1.49. The molecule has 0 unspecified atom stereocenters. The summed E-state index contributed by atoms with van der Waals surface area (Å²) in [6, 6.07) is 5.32. The number of ether oxygens (including phenoxy) is 1. The van der Waals surface area contributed by atoms with Crippen LogP contribution in [0, 0.1) is 0 Å². The second kappa shape index (κ2) is 5.68. The molecule has 0 heterocycles. The molecule has 94 valence electrons. The number of carbonyl (C=O) groups is 1. The fraction of sp³-hybridized carbons (Fsp3) is 0.462. The fourth-order valence-electron chi connectivity index (χ4n) is 1.49. The van der Waals surface area contributed by atoms with Gasteiger partial charge in [0.1, 0.15) is 5.75 Å². The van der Waals surface area contributed by atoms with E-state index in [1.807, 2.05) is 7.05 Å². The van der Waals surface area contributed by atoms with Crippen molar-refractivity contribution in [3.05, 3.63) is 29.3 Å². The molecular weight excluding hydrogens is 218 g/mol. The van der Waals surface area contributed by atoms with Crippen LogP contribution >= 0.6 is 0 Å². The number of rotatable bonds is 5. The summed E-state index contributed by atoms with van der Waals surface area (Å²) in [7, 11) is 3.59. The molecule has 0 aliphatic rings. The highest BCUT2D eigenvalue weighted by Gasteiger charge is 2.12. The molecular formula is C13H19NO3. The van der Waals surface area contributed by atoms with Crippen molar-refractivity contribution in [3.8, 4) is 5.75 Å². The summed E-state index contributed by atoms with van der Waals surface area (Å²) in [5.41, 5.74) is 1.18. The Hall–Kier alpha value is -1.55. The molecule has 0 saturated carbocycles. The third-order valence-corrected chi connectivity index (χ3v) is 2.83. The Morgan fingerprint density at radius 3 is 2.59 bits per heavy atom. The first kappa shape index (κ1) is 13.5. The minimum absolute atomic E-state index is 0.290. The molecule has 0 atom stereocenters. The second-order valence-corrected chi connectivity index (χ2v) is 4.34. The Bertz CT molecular complexity index is 402. The maximum Gasteiger partial charge on any atom is 0.335 e. The summed E-state index contributed by atoms with van der Waals surface area (Å²) >= 11 is 0. The number of hydrogen-bond donors (Lipinski definition) is 1. The highest BCUT2D eigenvalue weighted by atomic mass is 16.5. The lowest BCUT2D eigenvalue weighted by atomic mass is 10.1. The smallest absolute Gasteiger partial charge is 0.335 e. The number of aromatic carboxylic acids is 1. The van der Waals surface area contributed by atoms with Crippen LogP contribution in [0.5, 0.6) is 5.75 Å². The van der Waals surface area contributed by atoms with Gasteiger partial charge in [-0.3, -0.25) is 4.90 Å². The molecule has 0 bridgehead atoms. The van der Waals surface area contributed by atoms with Gasteiger partial charge in [-0.25, -0.2) is 4.79 Å². The SMILES string of the molecule is COc1ccc(C(=O)O)cc1CN(C)C(C)C. The van der Waals surface area contributed by atoms with Gasteiger partial charge in [0.15, 0.2) is 0 Å². The van der Waals surface area contributed by atoms with Crippen LogP contribution in [0.1, 0.15) is 29.8 Å². The van der Waals surface area contributed by atoms with E-state index in [1.54, 1.807) is 25.3 Å². The Balaban J connectivity index is 3.02. The third kappa shape index (κ3) is 3.46. The summed E-state index contributed by atoms with van der Waals surface area (Å²) in [4.78, 5) is 13.0. The van der Waals surface area contributed by atoms with Crippen molar-refractivity contribution in [3.63, 3.8) is 0 Å². The molecule has 1 rings (SSSR count). The van der Waals surface area contributed by atoms with Gasteiger partial charge in [0, 0.05) is 18.2 Å². The Morgan fingerprint density at radius 2 is 2.12 bits per heavy atom. The summed E-state index contributed by atoms with van der Waals surface area (Å²) in [6.45, 7) is 4.85. The number of carboxylic acids is 1. The van der Waals surface area contributed by atoms with Crippen LogP contribution in [-0.2, 0) is 6.54 Å². The number of benzene rings is 1. The summed E-state index contributed by atoms with van der Waals surface area (Å²) in [5, 5.41) is 8.96. The first-order valence-corrected chi connectivity index (χ1v) is 5.56. The van der Waals surface area contributed by atoms with E-state index in [9.17, 15) is 4.79 Å². The number of nitrogens with zero attached hydrogens (tertiary/aromatic N) is 1. The molecule has 0 radical (unpaired) electrons. The average molecular weight is 237 g/mol. The molecule has 0 spiro atoms. The van der Waals surface area contributed by atoms with Gasteiger partial charge in [0.2, 0.25) is 0 Å². The molecule has 1 N–H and O–H groups in total. The average Bonchev–Trinajstić information content (AvgIpc) is 2.28. The quantitative estimate of drug-likeness (QED) is 0.853. The van der Waals surface area contributed by atoms with E-state index in [2.05, 4.69) is 18.7 Å². The van der Waals surface area contributed by atoms with Crippen molar-refractivity contribution in [1.82, 2.24) is 4.90 Å². The monoisotopic (exact) mass is 237 g/mol. The van der Waals surface area contributed by atoms with E-state index >= 15 is 0 Å². The van der Waals surface area contributed by atoms with Crippen LogP contribution in [0.4, 0.5) is 0 Å². The number of methoxy groups -OCH3 is 1. The normalized spacial score (nSPS) is 10.9. The molecule has 4 nitrogen and oxygen atoms in total. The first-order chi connectivity index (χ1) is 7.95. The van der Waals surface area contributed by atoms with Crippen molar-refractivity contribution >= 4 is 5.97 Å². The van der Waals surface area contributed by atoms with E-state index in [1.165, 1.54) is 0 Å². The molecule has 17 heavy (non-hydrogen) atoms. The minimum Gasteiger partial charge on any atom is -0.496 e. The topological polar surface area (TPSA) is 49.8 Å². The lowest BCUT2D eigenvalue weighted by molar-refractivity contribution is 0.0696. The minimum atomic E-state index is -0.916. The molecule has 4 heteroatoms. The van der Waals surface area contributed by atoms with E-state index in [0.29, 0.717) is 12.6 Å². The molecule has 1 aromatic carbocycles. The summed E-state index contributed by atoms with van der Waals surface area (Å²) < 4.78 is 5.24. The largest absolute Gasteiger partial charge is 0.496 e. The molecule has 0 aliphatic heterocycles. The van der Waals surface area contributed by atoms with Crippen LogP contribution < -0.4 is 4.74 Å². The van der Waals surface area contributed by atoms with Gasteiger partial charge in [-0.05, 0) is 39.1 Å². The predicted molar refractivity (Wildman–Crippen MR) is 66.6 cm³/mol. The Labute approximate surface area is 102 Å². The van der Waals surface area contributed by atoms with Gasteiger partial charge in [-0.2, -0.15) is 0 Å². The van der Waals surface area contributed by atoms with E-state index in [0.717, 1.165) is 11.3 Å². The number of carboxylic acid groups (broad SMARTS) is 1. The van der Waals surface area contributed by atoms with Crippen LogP contribution in [0.3, 0.4) is 0 Å². The van der Waals surface area contributed by atoms with Gasteiger partial charge in [-0.1, -0.05) is 0 Å². The van der Waals surface area contributed by atoms with Gasteiger partial charge in [0.25, 0.3) is 0 Å². The molecule has 0 aromatic heterocycles. The van der Waals surface area contributed by atoms with Crippen LogP contribution in [0.2, 0.25) is 0 Å². The van der Waals surface area contributed by atoms with E-state index in [-0.39, 0.29) is 5.56 Å². The zero-order chi connectivity index (χ0) is 13.0. The lowest BCUT2D eigenvalue weighted by Gasteiger charge is -2.22. The lowest BCUT2D eigenvalue weighted by Crippen LogP contribution is -2.25. The van der Waals surface area contributed by atoms with E-state index in [4.69, 9.17) is 9.84 Å². The van der Waals surface area contributed by atoms with Gasteiger partial charge < -0.3 is 9.84 Å². The van der Waals surface area contributed by atoms with Crippen molar-refractivity contribution in [2.24, 2.45) is 0 Å². The third-order valence-electron chi connectivity index (χ3n) is 2.83. The zero-order valence-electron chi connectivity index (χ0n) is 10.7. The summed E-state index contributed by atoms with van der Waals surface area (Å²) in [5.74, 6) is -0.191. The highest BCUT2D eigenvalue weighted by molar-refractivity contribution is 5.88. The summed E-state index contributed by atoms with van der Waals surface area (Å²) in [6.07, 6.45) is 0. The zero-order valence-corrected chi connectivity index (χ0v) is 10.7. The van der Waals surface area contributed by atoms with Gasteiger partial charge in [-0.15, -0.1) is 0 Å². The Kier molecular flexibility index (Phi) is 4.52. The second-order valence-electron chi connectivity index (χ2n) is 4.34. The van der Waals surface area contributed by atoms with Crippen molar-refractivity contribution < 1.29 is 14.6 Å². The van der Waals surface area contributed by atoms with Crippen LogP contribution in [-0.4, -0.2) is 36.2 Å². The van der Waals surface area contributed by atoms with Crippen LogP contribution in [0.25, 0.3) is 0 Å². The molecule has 0 saturated heterocycles. The molecule has 0 aliphatic carbocycles. The molecule has 0 fully saturated rings. The molecule has 1 aromatic rings. The van der Waals surface area contributed by atoms with Gasteiger partial charge in [0.05, 0.1) is 12.7 Å². The maximum atomic E-state index is 10.9. The predicted octanol–water partition coefficient (Wildman–Crippen LogP) is 2.23. The number of hydrogen-bond acceptors (Lipinski definition) is 3. The first-order valence-electron chi connectivity index (χ1n) is 5.56. The standard InChI is InChI=1S/C13H19NO3/c1-9(2)14(3)8-11-7-10(13(15)16)5-6-12(11)17-4/h5-7,9H,8H2,1-4H3,(H,15,16). The van der Waals surface area contributed by atoms with Gasteiger partial charge >= 0.3 is 5.97 Å². The van der Waals surface area contributed by atoms with Crippen LogP contribution in [0.15, 0.2) is 18.2 Å². The highest BCUT2D eigenvalue weighted by Crippen LogP contribution is 2.22. The van der Waals surface area contributed by atoms with Crippen molar-refractivity contribution in [2.75, 3.05) is 14.2 Å². The Morgan fingerprint density at radius 1 is 1.47 bits per heavy atom. The van der Waals surface area contributed by atoms with Crippen molar-refractivity contribution in [1.29, 1.82) is 0 Å². The van der Waals surface area contributed by atoms with E-state index < -0.39 is 5.97 Å².